The van der Waals surface area contributed by atoms with Crippen LogP contribution in [0.4, 0.5) is 24.0 Å². The molecular weight excluding hydrogens is 707 g/mol. The third kappa shape index (κ3) is 5.65. The van der Waals surface area contributed by atoms with Gasteiger partial charge in [0.25, 0.3) is 5.91 Å². The van der Waals surface area contributed by atoms with Gasteiger partial charge in [0, 0.05) is 69.2 Å². The van der Waals surface area contributed by atoms with Crippen molar-refractivity contribution in [2.75, 3.05) is 51.0 Å². The first-order valence-electron chi connectivity index (χ1n) is 16.8. The summed E-state index contributed by atoms with van der Waals surface area (Å²) in [4.78, 5) is 28.1. The Hall–Kier alpha value is -4.17. The summed E-state index contributed by atoms with van der Waals surface area (Å²) in [6, 6.07) is 2.88. The Kier molecular flexibility index (Phi) is 8.52. The van der Waals surface area contributed by atoms with Crippen molar-refractivity contribution in [1.29, 1.82) is 5.26 Å². The van der Waals surface area contributed by atoms with Gasteiger partial charge in [-0.15, -0.1) is 11.3 Å². The molecule has 7 heterocycles. The zero-order valence-corrected chi connectivity index (χ0v) is 29.6. The SMILES string of the molecule is CN(C)C(=O)c1nn2c(c1Cl)CN(c1nc(OC[C@@]34CCCN3C[C@H](F)C4)nc3c1CO[C@H](c1c(F)cc(F)c4sc(N)c(C#N)c14)C3)CCC2. The lowest BCUT2D eigenvalue weighted by atomic mass is 9.94. The molecule has 8 rings (SSSR count). The summed E-state index contributed by atoms with van der Waals surface area (Å²) in [6.45, 7) is 2.70. The predicted molar refractivity (Wildman–Crippen MR) is 184 cm³/mol. The lowest BCUT2D eigenvalue weighted by Gasteiger charge is -2.33. The largest absolute Gasteiger partial charge is 0.461 e. The number of nitrogen functional groups attached to an aromatic ring is 1. The fourth-order valence-corrected chi connectivity index (χ4v) is 9.29. The van der Waals surface area contributed by atoms with E-state index >= 15 is 4.39 Å². The molecule has 4 aliphatic rings. The molecule has 12 nitrogen and oxygen atoms in total. The lowest BCUT2D eigenvalue weighted by molar-refractivity contribution is 0.0242. The molecule has 2 fully saturated rings. The summed E-state index contributed by atoms with van der Waals surface area (Å²) < 4.78 is 59.7. The van der Waals surface area contributed by atoms with E-state index in [-0.39, 0.29) is 75.0 Å². The maximum atomic E-state index is 15.7. The number of benzene rings is 1. The number of carbonyl (C=O) groups excluding carboxylic acids is 1. The van der Waals surface area contributed by atoms with Crippen molar-refractivity contribution < 1.29 is 27.4 Å². The molecule has 3 aromatic heterocycles. The molecule has 0 bridgehead atoms. The van der Waals surface area contributed by atoms with Crippen LogP contribution in [0.3, 0.4) is 0 Å². The second kappa shape index (κ2) is 12.8. The van der Waals surface area contributed by atoms with E-state index in [0.29, 0.717) is 55.2 Å². The fourth-order valence-electron chi connectivity index (χ4n) is 8.07. The van der Waals surface area contributed by atoms with Crippen molar-refractivity contribution in [3.05, 3.63) is 56.5 Å². The van der Waals surface area contributed by atoms with Gasteiger partial charge in [0.15, 0.2) is 5.69 Å². The van der Waals surface area contributed by atoms with Crippen molar-refractivity contribution in [1.82, 2.24) is 29.5 Å². The summed E-state index contributed by atoms with van der Waals surface area (Å²) in [7, 11) is 3.27. The average Bonchev–Trinajstić information content (AvgIpc) is 3.77. The molecule has 51 heavy (non-hydrogen) atoms. The number of nitrogens with two attached hydrogens (primary N) is 1. The Morgan fingerprint density at radius 3 is 2.86 bits per heavy atom. The molecule has 2 saturated heterocycles. The van der Waals surface area contributed by atoms with Gasteiger partial charge in [-0.2, -0.15) is 20.3 Å². The second-order valence-corrected chi connectivity index (χ2v) is 15.3. The van der Waals surface area contributed by atoms with Crippen LogP contribution in [0, 0.1) is 23.0 Å². The van der Waals surface area contributed by atoms with Crippen LogP contribution in [0.15, 0.2) is 6.07 Å². The lowest BCUT2D eigenvalue weighted by Crippen LogP contribution is -2.43. The molecule has 0 radical (unpaired) electrons. The number of aryl methyl sites for hydroxylation is 1. The Morgan fingerprint density at radius 2 is 2.08 bits per heavy atom. The fraction of sp³-hybridized carbons (Fsp3) is 0.500. The van der Waals surface area contributed by atoms with Gasteiger partial charge in [-0.3, -0.25) is 14.4 Å². The van der Waals surface area contributed by atoms with Crippen LogP contribution in [0.25, 0.3) is 10.1 Å². The van der Waals surface area contributed by atoms with Crippen molar-refractivity contribution >= 4 is 49.7 Å². The van der Waals surface area contributed by atoms with E-state index in [2.05, 4.69) is 10.00 Å². The number of hydrogen-bond donors (Lipinski definition) is 1. The molecular formula is C34H35ClF3N9O3S. The number of ether oxygens (including phenoxy) is 2. The minimum Gasteiger partial charge on any atom is -0.461 e. The van der Waals surface area contributed by atoms with Crippen LogP contribution >= 0.6 is 22.9 Å². The average molecular weight is 742 g/mol. The van der Waals surface area contributed by atoms with E-state index in [4.69, 9.17) is 36.8 Å². The first-order valence-corrected chi connectivity index (χ1v) is 18.0. The van der Waals surface area contributed by atoms with Gasteiger partial charge in [0.1, 0.15) is 41.3 Å². The van der Waals surface area contributed by atoms with Gasteiger partial charge in [-0.05, 0) is 25.8 Å². The molecule has 0 unspecified atom stereocenters. The first-order chi connectivity index (χ1) is 24.5. The number of fused-ring (bicyclic) bond motifs is 4. The number of anilines is 2. The van der Waals surface area contributed by atoms with E-state index < -0.39 is 29.4 Å². The molecule has 1 amide bonds. The number of nitrogens with zero attached hydrogens (tertiary/aromatic N) is 8. The van der Waals surface area contributed by atoms with Crippen LogP contribution < -0.4 is 15.4 Å². The zero-order chi connectivity index (χ0) is 35.8. The molecule has 0 saturated carbocycles. The molecule has 0 aliphatic carbocycles. The highest BCUT2D eigenvalue weighted by Gasteiger charge is 2.49. The Morgan fingerprint density at radius 1 is 1.25 bits per heavy atom. The summed E-state index contributed by atoms with van der Waals surface area (Å²) >= 11 is 7.67. The van der Waals surface area contributed by atoms with Crippen LogP contribution in [0.2, 0.25) is 5.02 Å². The molecule has 17 heteroatoms. The molecule has 2 N–H and O–H groups in total. The van der Waals surface area contributed by atoms with Gasteiger partial charge in [0.05, 0.1) is 51.5 Å². The van der Waals surface area contributed by atoms with Gasteiger partial charge in [-0.25, -0.2) is 13.2 Å². The van der Waals surface area contributed by atoms with Crippen LogP contribution in [0.1, 0.15) is 70.4 Å². The van der Waals surface area contributed by atoms with Crippen molar-refractivity contribution in [2.24, 2.45) is 0 Å². The molecule has 0 spiro atoms. The number of halogens is 4. The number of thiophene rings is 1. The second-order valence-electron chi connectivity index (χ2n) is 13.8. The molecule has 4 aromatic rings. The maximum Gasteiger partial charge on any atom is 0.318 e. The Bertz CT molecular complexity index is 2120. The summed E-state index contributed by atoms with van der Waals surface area (Å²) in [5.41, 5.74) is 7.66. The number of aromatic nitrogens is 4. The summed E-state index contributed by atoms with van der Waals surface area (Å²) in [5.74, 6) is -1.44. The van der Waals surface area contributed by atoms with Crippen LogP contribution in [0.5, 0.6) is 6.01 Å². The van der Waals surface area contributed by atoms with Crippen molar-refractivity contribution in [3.8, 4) is 12.1 Å². The standard InChI is InChI=1S/C34H35ClF3N9O3S/c1-44(2)32(48)28-27(35)23-14-45(6-4-8-47(23)43-28)31-19-15-49-24(26-20(37)9-21(38)29-25(26)18(12-39)30(40)51-29)10-22(19)41-33(42-31)50-16-34-5-3-7-46(34)13-17(36)11-34/h9,17,24H,3-8,10-11,13-16,40H2,1-2H3/t17-,24+,34+/m1/s1. The first kappa shape index (κ1) is 33.9. The van der Waals surface area contributed by atoms with Crippen LogP contribution in [-0.2, 0) is 30.9 Å². The summed E-state index contributed by atoms with van der Waals surface area (Å²) in [5, 5.41) is 14.8. The molecule has 1 aromatic carbocycles. The minimum absolute atomic E-state index is 0.00141. The molecule has 268 valence electrons. The number of amides is 1. The molecule has 4 aliphatic heterocycles. The number of nitriles is 1. The maximum absolute atomic E-state index is 15.7. The minimum atomic E-state index is -0.935. The highest BCUT2D eigenvalue weighted by Crippen LogP contribution is 2.45. The van der Waals surface area contributed by atoms with E-state index in [1.54, 1.807) is 18.8 Å². The van der Waals surface area contributed by atoms with E-state index in [9.17, 15) is 18.8 Å². The van der Waals surface area contributed by atoms with Gasteiger partial charge < -0.3 is 25.0 Å². The molecule has 3 atom stereocenters. The number of rotatable bonds is 6. The smallest absolute Gasteiger partial charge is 0.318 e. The monoisotopic (exact) mass is 741 g/mol. The zero-order valence-electron chi connectivity index (χ0n) is 28.0. The normalized spacial score (nSPS) is 23.1. The van der Waals surface area contributed by atoms with Crippen molar-refractivity contribution in [2.45, 2.75) is 69.6 Å². The van der Waals surface area contributed by atoms with Gasteiger partial charge >= 0.3 is 6.01 Å². The van der Waals surface area contributed by atoms with Gasteiger partial charge in [-0.1, -0.05) is 11.6 Å². The third-order valence-corrected chi connectivity index (χ3v) is 11.9. The number of carbonyl (C=O) groups is 1. The predicted octanol–water partition coefficient (Wildman–Crippen LogP) is 5.15. The number of hydrogen-bond acceptors (Lipinski definition) is 11. The Balaban J connectivity index is 1.19. The van der Waals surface area contributed by atoms with Crippen molar-refractivity contribution in [3.63, 3.8) is 0 Å². The third-order valence-electron chi connectivity index (χ3n) is 10.5. The van der Waals surface area contributed by atoms with E-state index in [1.807, 2.05) is 11.0 Å². The quantitative estimate of drug-likeness (QED) is 0.282. The summed E-state index contributed by atoms with van der Waals surface area (Å²) in [6.07, 6.45) is 0.976. The highest BCUT2D eigenvalue weighted by molar-refractivity contribution is 7.23. The Labute approximate surface area is 300 Å². The van der Waals surface area contributed by atoms with Crippen LogP contribution in [-0.4, -0.2) is 87.5 Å². The van der Waals surface area contributed by atoms with Gasteiger partial charge in [0.2, 0.25) is 0 Å². The number of alkyl halides is 1. The van der Waals surface area contributed by atoms with E-state index in [0.717, 1.165) is 36.8 Å². The topological polar surface area (TPSA) is 139 Å². The van der Waals surface area contributed by atoms with E-state index in [1.165, 1.54) is 4.90 Å². The highest BCUT2D eigenvalue weighted by atomic mass is 35.5.